The number of hydrogen-bond donors (Lipinski definition) is 1. The zero-order valence-electron chi connectivity index (χ0n) is 14.7. The van der Waals surface area contributed by atoms with E-state index in [2.05, 4.69) is 31.2 Å². The zero-order chi connectivity index (χ0) is 17.5. The number of carboxylic acid groups (broad SMARTS) is 1. The fourth-order valence-corrected chi connectivity index (χ4v) is 3.28. The molecule has 0 spiro atoms. The van der Waals surface area contributed by atoms with Gasteiger partial charge in [-0.1, -0.05) is 29.8 Å². The number of amides is 1. The third-order valence-corrected chi connectivity index (χ3v) is 4.81. The highest BCUT2D eigenvalue weighted by Crippen LogP contribution is 2.17. The summed E-state index contributed by atoms with van der Waals surface area (Å²) < 4.78 is 0. The molecule has 1 fully saturated rings. The number of carbonyl (C=O) groups excluding carboxylic acids is 1. The van der Waals surface area contributed by atoms with Gasteiger partial charge in [0.15, 0.2) is 0 Å². The lowest BCUT2D eigenvalue weighted by atomic mass is 10.1. The van der Waals surface area contributed by atoms with Crippen LogP contribution in [-0.4, -0.2) is 59.5 Å². The molecule has 1 amide bonds. The fraction of sp³-hybridized carbons (Fsp3) is 0.579. The molecule has 1 aliphatic heterocycles. The molecule has 5 nitrogen and oxygen atoms in total. The van der Waals surface area contributed by atoms with Gasteiger partial charge in [-0.25, -0.2) is 0 Å². The molecule has 24 heavy (non-hydrogen) atoms. The summed E-state index contributed by atoms with van der Waals surface area (Å²) in [6, 6.07) is 8.57. The maximum absolute atomic E-state index is 12.5. The van der Waals surface area contributed by atoms with Gasteiger partial charge >= 0.3 is 5.97 Å². The van der Waals surface area contributed by atoms with E-state index in [4.69, 9.17) is 5.11 Å². The molecule has 0 saturated carbocycles. The van der Waals surface area contributed by atoms with Crippen LogP contribution in [0.4, 0.5) is 0 Å². The molecular weight excluding hydrogens is 304 g/mol. The predicted molar refractivity (Wildman–Crippen MR) is 94.0 cm³/mol. The summed E-state index contributed by atoms with van der Waals surface area (Å²) in [6.45, 7) is 3.63. The largest absolute Gasteiger partial charge is 0.480 e. The van der Waals surface area contributed by atoms with E-state index < -0.39 is 5.97 Å². The predicted octanol–water partition coefficient (Wildman–Crippen LogP) is 2.33. The molecule has 5 heteroatoms. The van der Waals surface area contributed by atoms with Crippen LogP contribution in [0.1, 0.15) is 36.8 Å². The van der Waals surface area contributed by atoms with Crippen LogP contribution in [0.3, 0.4) is 0 Å². The first kappa shape index (κ1) is 18.5. The number of carbonyl (C=O) groups is 2. The van der Waals surface area contributed by atoms with Gasteiger partial charge in [-0.05, 0) is 45.2 Å². The van der Waals surface area contributed by atoms with Gasteiger partial charge in [0.05, 0.1) is 6.54 Å². The van der Waals surface area contributed by atoms with E-state index in [1.807, 2.05) is 16.8 Å². The summed E-state index contributed by atoms with van der Waals surface area (Å²) in [5.41, 5.74) is 2.43. The second-order valence-electron chi connectivity index (χ2n) is 6.76. The van der Waals surface area contributed by atoms with Gasteiger partial charge in [0, 0.05) is 25.6 Å². The van der Waals surface area contributed by atoms with Gasteiger partial charge in [-0.15, -0.1) is 0 Å². The number of likely N-dealkylation sites (N-methyl/N-ethyl adjacent to an activating group) is 1. The maximum Gasteiger partial charge on any atom is 0.317 e. The van der Waals surface area contributed by atoms with Crippen LogP contribution in [0, 0.1) is 6.92 Å². The molecule has 0 aliphatic carbocycles. The first-order valence-electron chi connectivity index (χ1n) is 8.71. The summed E-state index contributed by atoms with van der Waals surface area (Å²) in [4.78, 5) is 27.1. The smallest absolute Gasteiger partial charge is 0.317 e. The number of hydrogen-bond acceptors (Lipinski definition) is 3. The van der Waals surface area contributed by atoms with Crippen LogP contribution >= 0.6 is 0 Å². The monoisotopic (exact) mass is 332 g/mol. The minimum absolute atomic E-state index is 0.0615. The minimum atomic E-state index is -0.798. The Morgan fingerprint density at radius 3 is 2.58 bits per heavy atom. The number of carboxylic acids is 1. The van der Waals surface area contributed by atoms with E-state index in [1.165, 1.54) is 11.1 Å². The number of benzene rings is 1. The molecule has 0 bridgehead atoms. The molecule has 132 valence electrons. The lowest BCUT2D eigenvalue weighted by Gasteiger charge is -2.25. The van der Waals surface area contributed by atoms with E-state index in [0.717, 1.165) is 38.8 Å². The van der Waals surface area contributed by atoms with Crippen LogP contribution in [0.5, 0.6) is 0 Å². The summed E-state index contributed by atoms with van der Waals surface area (Å²) in [5.74, 6) is -0.593. The van der Waals surface area contributed by atoms with Crippen molar-refractivity contribution < 1.29 is 14.7 Å². The van der Waals surface area contributed by atoms with Gasteiger partial charge in [-0.2, -0.15) is 0 Å². The minimum Gasteiger partial charge on any atom is -0.480 e. The first-order chi connectivity index (χ1) is 11.5. The molecule has 1 N–H and O–H groups in total. The zero-order valence-corrected chi connectivity index (χ0v) is 14.7. The Kier molecular flexibility index (Phi) is 6.79. The highest BCUT2D eigenvalue weighted by Gasteiger charge is 2.23. The van der Waals surface area contributed by atoms with E-state index >= 15 is 0 Å². The topological polar surface area (TPSA) is 60.9 Å². The second-order valence-corrected chi connectivity index (χ2v) is 6.76. The number of aliphatic carboxylic acids is 1. The Labute approximate surface area is 144 Å². The summed E-state index contributed by atoms with van der Waals surface area (Å²) in [7, 11) is 1.85. The normalized spacial score (nSPS) is 18.5. The van der Waals surface area contributed by atoms with Gasteiger partial charge in [0.2, 0.25) is 5.91 Å². The van der Waals surface area contributed by atoms with Crippen molar-refractivity contribution in [2.45, 2.75) is 45.1 Å². The van der Waals surface area contributed by atoms with Gasteiger partial charge in [0.1, 0.15) is 0 Å². The third kappa shape index (κ3) is 5.64. The average molecular weight is 332 g/mol. The van der Waals surface area contributed by atoms with Crippen LogP contribution in [0.15, 0.2) is 24.3 Å². The van der Waals surface area contributed by atoms with Gasteiger partial charge in [0.25, 0.3) is 0 Å². The lowest BCUT2D eigenvalue weighted by Crippen LogP contribution is -2.37. The van der Waals surface area contributed by atoms with E-state index in [-0.39, 0.29) is 18.5 Å². The van der Waals surface area contributed by atoms with E-state index in [0.29, 0.717) is 6.42 Å². The van der Waals surface area contributed by atoms with Crippen LogP contribution < -0.4 is 0 Å². The Hall–Kier alpha value is -1.88. The first-order valence-corrected chi connectivity index (χ1v) is 8.71. The molecule has 1 aromatic rings. The molecule has 1 unspecified atom stereocenters. The van der Waals surface area contributed by atoms with Crippen LogP contribution in [0.2, 0.25) is 0 Å². The standard InChI is InChI=1S/C19H28N2O3/c1-15-5-7-16(8-6-15)9-10-18(22)21-12-3-4-17(11-13-21)20(2)14-19(23)24/h5-8,17H,3-4,9-14H2,1-2H3,(H,23,24). The highest BCUT2D eigenvalue weighted by atomic mass is 16.4. The summed E-state index contributed by atoms with van der Waals surface area (Å²) >= 11 is 0. The molecule has 2 rings (SSSR count). The van der Waals surface area contributed by atoms with Crippen molar-refractivity contribution in [3.63, 3.8) is 0 Å². The SMILES string of the molecule is Cc1ccc(CCC(=O)N2CCCC(N(C)CC(=O)O)CC2)cc1. The van der Waals surface area contributed by atoms with E-state index in [1.54, 1.807) is 0 Å². The van der Waals surface area contributed by atoms with Crippen molar-refractivity contribution in [1.29, 1.82) is 0 Å². The van der Waals surface area contributed by atoms with Crippen molar-refractivity contribution in [2.24, 2.45) is 0 Å². The number of rotatable bonds is 6. The van der Waals surface area contributed by atoms with Gasteiger partial charge < -0.3 is 10.0 Å². The number of nitrogens with zero attached hydrogens (tertiary/aromatic N) is 2. The molecule has 1 aromatic carbocycles. The van der Waals surface area contributed by atoms with E-state index in [9.17, 15) is 9.59 Å². The molecule has 0 radical (unpaired) electrons. The van der Waals surface area contributed by atoms with Crippen molar-refractivity contribution in [2.75, 3.05) is 26.7 Å². The lowest BCUT2D eigenvalue weighted by molar-refractivity contribution is -0.138. The number of likely N-dealkylation sites (tertiary alicyclic amines) is 1. The van der Waals surface area contributed by atoms with Crippen molar-refractivity contribution >= 4 is 11.9 Å². The van der Waals surface area contributed by atoms with Crippen molar-refractivity contribution in [3.05, 3.63) is 35.4 Å². The molecule has 1 saturated heterocycles. The Morgan fingerprint density at radius 2 is 1.92 bits per heavy atom. The summed E-state index contributed by atoms with van der Waals surface area (Å²) in [5, 5.41) is 8.91. The van der Waals surface area contributed by atoms with Crippen LogP contribution in [-0.2, 0) is 16.0 Å². The quantitative estimate of drug-likeness (QED) is 0.868. The molecule has 1 heterocycles. The maximum atomic E-state index is 12.5. The van der Waals surface area contributed by atoms with Crippen molar-refractivity contribution in [1.82, 2.24) is 9.80 Å². The highest BCUT2D eigenvalue weighted by molar-refractivity contribution is 5.76. The Bertz CT molecular complexity index is 556. The second kappa shape index (κ2) is 8.83. The van der Waals surface area contributed by atoms with Crippen molar-refractivity contribution in [3.8, 4) is 0 Å². The average Bonchev–Trinajstić information content (AvgIpc) is 2.79. The third-order valence-electron chi connectivity index (χ3n) is 4.81. The van der Waals surface area contributed by atoms with Gasteiger partial charge in [-0.3, -0.25) is 14.5 Å². The fourth-order valence-electron chi connectivity index (χ4n) is 3.28. The molecule has 0 aromatic heterocycles. The summed E-state index contributed by atoms with van der Waals surface area (Å²) in [6.07, 6.45) is 4.05. The Morgan fingerprint density at radius 1 is 1.21 bits per heavy atom. The van der Waals surface area contributed by atoms with Crippen LogP contribution in [0.25, 0.3) is 0 Å². The Balaban J connectivity index is 1.81. The molecule has 1 aliphatic rings. The molecule has 1 atom stereocenters. The molecular formula is C19H28N2O3. The number of aryl methyl sites for hydroxylation is 2.